The lowest BCUT2D eigenvalue weighted by atomic mass is 9.93. The van der Waals surface area contributed by atoms with Gasteiger partial charge in [-0.3, -0.25) is 10.0 Å². The molecule has 2 N–H and O–H groups in total. The fraction of sp³-hybridized carbons (Fsp3) is 0.261. The molecule has 0 saturated carbocycles. The van der Waals surface area contributed by atoms with Gasteiger partial charge in [0.25, 0.3) is 0 Å². The van der Waals surface area contributed by atoms with Gasteiger partial charge in [-0.05, 0) is 36.2 Å². The van der Waals surface area contributed by atoms with Crippen molar-refractivity contribution in [1.29, 1.82) is 0 Å². The maximum Gasteiger partial charge on any atom is 0.420 e. The smallest absolute Gasteiger partial charge is 0.378 e. The average molecular weight is 467 g/mol. The van der Waals surface area contributed by atoms with Crippen LogP contribution in [-0.2, 0) is 0 Å². The zero-order chi connectivity index (χ0) is 24.5. The molecule has 5 nitrogen and oxygen atoms in total. The van der Waals surface area contributed by atoms with E-state index in [0.29, 0.717) is 17.3 Å². The molecule has 33 heavy (non-hydrogen) atoms. The Labute approximate surface area is 185 Å². The minimum absolute atomic E-state index is 0.153. The van der Waals surface area contributed by atoms with Crippen molar-refractivity contribution in [3.05, 3.63) is 82.8 Å². The van der Waals surface area contributed by atoms with Crippen LogP contribution in [0.3, 0.4) is 0 Å². The summed E-state index contributed by atoms with van der Waals surface area (Å²) in [5.74, 6) is -2.99. The molecule has 0 bridgehead atoms. The molecule has 0 saturated heterocycles. The Bertz CT molecular complexity index is 1200. The Kier molecular flexibility index (Phi) is 6.78. The molecule has 0 radical (unpaired) electrons. The van der Waals surface area contributed by atoms with Crippen molar-refractivity contribution >= 4 is 5.78 Å². The number of hydrogen-bond donors (Lipinski definition) is 2. The minimum Gasteiger partial charge on any atom is -0.378 e. The molecule has 174 valence electrons. The Morgan fingerprint density at radius 2 is 1.82 bits per heavy atom. The maximum atomic E-state index is 14.3. The molecule has 1 unspecified atom stereocenters. The number of nitrogens with zero attached hydrogens (tertiary/aromatic N) is 2. The van der Waals surface area contributed by atoms with Crippen LogP contribution >= 0.6 is 0 Å². The van der Waals surface area contributed by atoms with Crippen molar-refractivity contribution in [3.8, 4) is 11.3 Å². The van der Waals surface area contributed by atoms with Crippen molar-refractivity contribution in [2.24, 2.45) is 0 Å². The monoisotopic (exact) mass is 467 g/mol. The lowest BCUT2D eigenvalue weighted by Gasteiger charge is -2.17. The van der Waals surface area contributed by atoms with Crippen molar-refractivity contribution in [3.63, 3.8) is 0 Å². The van der Waals surface area contributed by atoms with E-state index in [1.165, 1.54) is 6.20 Å². The molecule has 0 aliphatic rings. The number of rotatable bonds is 6. The summed E-state index contributed by atoms with van der Waals surface area (Å²) in [4.78, 5) is 16.6. The zero-order valence-corrected chi connectivity index (χ0v) is 17.6. The summed E-state index contributed by atoms with van der Waals surface area (Å²) < 4.78 is 67.8. The SMILES string of the molecule is Cc1ccc([C@@H](C)CC(=O)c2cc(-c3ccc(F)cc3F)nc(C(O)C(F)(F)F)c2)c[n+]1O. The van der Waals surface area contributed by atoms with E-state index in [0.717, 1.165) is 29.0 Å². The number of carbonyl (C=O) groups excluding carboxylic acids is 1. The molecule has 1 aromatic carbocycles. The van der Waals surface area contributed by atoms with Gasteiger partial charge in [-0.15, -0.1) is 0 Å². The third kappa shape index (κ3) is 5.51. The van der Waals surface area contributed by atoms with E-state index in [9.17, 15) is 37.1 Å². The first kappa shape index (κ1) is 24.2. The molecule has 3 aromatic rings. The van der Waals surface area contributed by atoms with E-state index in [1.54, 1.807) is 26.0 Å². The lowest BCUT2D eigenvalue weighted by Crippen LogP contribution is -2.33. The summed E-state index contributed by atoms with van der Waals surface area (Å²) in [5.41, 5.74) is -0.627. The fourth-order valence-corrected chi connectivity index (χ4v) is 3.24. The second-order valence-electron chi connectivity index (χ2n) is 7.71. The van der Waals surface area contributed by atoms with Gasteiger partial charge in [0.05, 0.1) is 11.4 Å². The van der Waals surface area contributed by atoms with Crippen LogP contribution in [0.2, 0.25) is 0 Å². The highest BCUT2D eigenvalue weighted by atomic mass is 19.4. The van der Waals surface area contributed by atoms with Crippen LogP contribution in [0.5, 0.6) is 0 Å². The van der Waals surface area contributed by atoms with E-state index in [2.05, 4.69) is 4.98 Å². The molecule has 0 aliphatic carbocycles. The highest BCUT2D eigenvalue weighted by molar-refractivity contribution is 5.97. The van der Waals surface area contributed by atoms with E-state index < -0.39 is 41.3 Å². The first-order valence-electron chi connectivity index (χ1n) is 9.83. The predicted octanol–water partition coefficient (Wildman–Crippen LogP) is 4.83. The molecule has 10 heteroatoms. The van der Waals surface area contributed by atoms with Crippen molar-refractivity contribution < 1.29 is 41.8 Å². The van der Waals surface area contributed by atoms with E-state index in [-0.39, 0.29) is 23.2 Å². The number of pyridine rings is 2. The molecular weight excluding hydrogens is 447 g/mol. The topological polar surface area (TPSA) is 74.3 Å². The standard InChI is InChI=1S/C23H20F5N2O3/c1-12(14-4-3-13(2)30(33)11-14)7-21(31)15-8-19(17-6-5-16(24)10-18(17)25)29-20(9-15)22(32)23(26,27)28/h3-6,8-12,22,32-33H,7H2,1-2H3/q+1/t12-,22?/m0/s1. The number of ketones is 1. The van der Waals surface area contributed by atoms with Gasteiger partial charge in [0.2, 0.25) is 11.9 Å². The largest absolute Gasteiger partial charge is 0.420 e. The Balaban J connectivity index is 2.02. The summed E-state index contributed by atoms with van der Waals surface area (Å²) >= 11 is 0. The molecule has 2 atom stereocenters. The van der Waals surface area contributed by atoms with Crippen molar-refractivity contribution in [2.75, 3.05) is 0 Å². The van der Waals surface area contributed by atoms with Gasteiger partial charge >= 0.3 is 6.18 Å². The Hall–Kier alpha value is -3.40. The van der Waals surface area contributed by atoms with Gasteiger partial charge in [0.1, 0.15) is 11.6 Å². The van der Waals surface area contributed by atoms with Crippen LogP contribution in [0, 0.1) is 18.6 Å². The fourth-order valence-electron chi connectivity index (χ4n) is 3.24. The summed E-state index contributed by atoms with van der Waals surface area (Å²) in [7, 11) is 0. The molecule has 0 spiro atoms. The van der Waals surface area contributed by atoms with Crippen molar-refractivity contribution in [1.82, 2.24) is 4.98 Å². The summed E-state index contributed by atoms with van der Waals surface area (Å²) in [6.45, 7) is 3.36. The second-order valence-corrected chi connectivity index (χ2v) is 7.71. The van der Waals surface area contributed by atoms with Gasteiger partial charge in [0, 0.05) is 46.9 Å². The number of aromatic nitrogens is 2. The van der Waals surface area contributed by atoms with Gasteiger partial charge < -0.3 is 5.11 Å². The second kappa shape index (κ2) is 9.22. The molecule has 3 rings (SSSR count). The number of Topliss-reactive ketones (excluding diaryl/α,β-unsaturated/α-hetero) is 1. The molecule has 2 aromatic heterocycles. The highest BCUT2D eigenvalue weighted by Gasteiger charge is 2.41. The average Bonchev–Trinajstić information content (AvgIpc) is 2.74. The molecule has 0 amide bonds. The first-order chi connectivity index (χ1) is 15.4. The maximum absolute atomic E-state index is 14.3. The number of aliphatic hydroxyl groups excluding tert-OH is 1. The Morgan fingerprint density at radius 1 is 1.12 bits per heavy atom. The number of carbonyl (C=O) groups is 1. The van der Waals surface area contributed by atoms with E-state index in [1.807, 2.05) is 0 Å². The van der Waals surface area contributed by atoms with E-state index >= 15 is 0 Å². The third-order valence-electron chi connectivity index (χ3n) is 5.17. The zero-order valence-electron chi connectivity index (χ0n) is 17.6. The van der Waals surface area contributed by atoms with Gasteiger partial charge in [0.15, 0.2) is 11.9 Å². The number of benzene rings is 1. The number of alkyl halides is 3. The molecule has 0 aliphatic heterocycles. The third-order valence-corrected chi connectivity index (χ3v) is 5.17. The lowest BCUT2D eigenvalue weighted by molar-refractivity contribution is -0.909. The van der Waals surface area contributed by atoms with Crippen LogP contribution in [0.15, 0.2) is 48.7 Å². The van der Waals surface area contributed by atoms with Crippen LogP contribution in [-0.4, -0.2) is 27.3 Å². The van der Waals surface area contributed by atoms with Gasteiger partial charge in [-0.25, -0.2) is 13.8 Å². The number of aliphatic hydroxyl groups is 1. The van der Waals surface area contributed by atoms with Crippen LogP contribution in [0.4, 0.5) is 22.0 Å². The van der Waals surface area contributed by atoms with Crippen LogP contribution < -0.4 is 4.73 Å². The normalized spacial score (nSPS) is 13.6. The molecular formula is C23H20F5N2O3+. The summed E-state index contributed by atoms with van der Waals surface area (Å²) in [5, 5.41) is 19.5. The van der Waals surface area contributed by atoms with Crippen molar-refractivity contribution in [2.45, 2.75) is 38.5 Å². The summed E-state index contributed by atoms with van der Waals surface area (Å²) in [6, 6.07) is 7.66. The van der Waals surface area contributed by atoms with Crippen LogP contribution in [0.25, 0.3) is 11.3 Å². The minimum atomic E-state index is -5.07. The molecule has 0 fully saturated rings. The predicted molar refractivity (Wildman–Crippen MR) is 107 cm³/mol. The molecule has 2 heterocycles. The van der Waals surface area contributed by atoms with E-state index in [4.69, 9.17) is 0 Å². The quantitative estimate of drug-likeness (QED) is 0.236. The van der Waals surface area contributed by atoms with Gasteiger partial charge in [-0.2, -0.15) is 13.2 Å². The number of aryl methyl sites for hydroxylation is 1. The number of halogens is 5. The van der Waals surface area contributed by atoms with Crippen LogP contribution in [0.1, 0.15) is 52.7 Å². The summed E-state index contributed by atoms with van der Waals surface area (Å²) in [6.07, 6.45) is -6.81. The van der Waals surface area contributed by atoms with Gasteiger partial charge in [-0.1, -0.05) is 6.92 Å². The first-order valence-corrected chi connectivity index (χ1v) is 9.83. The highest BCUT2D eigenvalue weighted by Crippen LogP contribution is 2.34. The Morgan fingerprint density at radius 3 is 2.42 bits per heavy atom. The number of hydrogen-bond acceptors (Lipinski definition) is 4.